The van der Waals surface area contributed by atoms with Crippen molar-refractivity contribution in [1.82, 2.24) is 0 Å². The molecule has 0 unspecified atom stereocenters. The minimum atomic E-state index is -4.00. The van der Waals surface area contributed by atoms with Crippen LogP contribution in [0.25, 0.3) is 0 Å². The van der Waals surface area contributed by atoms with E-state index in [9.17, 15) is 6.57 Å². The van der Waals surface area contributed by atoms with E-state index in [4.69, 9.17) is 0 Å². The number of halogens is 2. The van der Waals surface area contributed by atoms with Crippen LogP contribution in [0.1, 0.15) is 5.56 Å². The Labute approximate surface area is 65.1 Å². The molecule has 1 aromatic rings. The summed E-state index contributed by atoms with van der Waals surface area (Å²) in [7, 11) is 0. The molecule has 0 amide bonds. The Morgan fingerprint density at radius 2 is 1.80 bits per heavy atom. The van der Waals surface area contributed by atoms with E-state index >= 15 is 0 Å². The molecule has 0 bridgehead atoms. The Morgan fingerprint density at radius 3 is 2.20 bits per heavy atom. The molecule has 52 valence electrons. The number of benzene rings is 1. The van der Waals surface area contributed by atoms with Crippen molar-refractivity contribution < 1.29 is 6.57 Å². The summed E-state index contributed by atoms with van der Waals surface area (Å²) in [5.74, 6) is 0. The van der Waals surface area contributed by atoms with E-state index in [2.05, 4.69) is 0 Å². The molecular weight excluding hydrogens is 192 g/mol. The molecule has 0 spiro atoms. The fourth-order valence-electron chi connectivity index (χ4n) is 0.832. The fraction of sp³-hybridized carbons (Fsp3) is 0.143. The standard InChI is InChI=1S/C7H7.2FH.Ga/c1-7-5-3-2-4-6-7;;;/h2-5H,1H3;2*1H;/q;;;+2/p-2. The van der Waals surface area contributed by atoms with Gasteiger partial charge in [0.2, 0.25) is 0 Å². The van der Waals surface area contributed by atoms with Crippen molar-refractivity contribution in [2.45, 2.75) is 6.92 Å². The number of hydrogen-bond acceptors (Lipinski definition) is 0. The topological polar surface area (TPSA) is 0 Å². The monoisotopic (exact) mass is 198 g/mol. The summed E-state index contributed by atoms with van der Waals surface area (Å²) in [6.45, 7) is 1.73. The van der Waals surface area contributed by atoms with Crippen LogP contribution >= 0.6 is 0 Å². The molecule has 0 aliphatic rings. The first-order chi connectivity index (χ1) is 4.72. The van der Waals surface area contributed by atoms with E-state index < -0.39 is 17.2 Å². The van der Waals surface area contributed by atoms with Gasteiger partial charge in [-0.25, -0.2) is 0 Å². The molecule has 0 N–H and O–H groups in total. The summed E-state index contributed by atoms with van der Waals surface area (Å²) >= 11 is -4.00. The van der Waals surface area contributed by atoms with Gasteiger partial charge in [-0.05, 0) is 0 Å². The molecule has 0 atom stereocenters. The van der Waals surface area contributed by atoms with Gasteiger partial charge >= 0.3 is 64.7 Å². The summed E-state index contributed by atoms with van der Waals surface area (Å²) in [6, 6.07) is 6.70. The van der Waals surface area contributed by atoms with Crippen molar-refractivity contribution in [1.29, 1.82) is 0 Å². The Kier molecular flexibility index (Phi) is 2.51. The molecule has 0 aromatic heterocycles. The van der Waals surface area contributed by atoms with E-state index in [0.717, 1.165) is 5.56 Å². The van der Waals surface area contributed by atoms with Crippen LogP contribution in [-0.2, 0) is 0 Å². The quantitative estimate of drug-likeness (QED) is 0.602. The predicted molar refractivity (Wildman–Crippen MR) is 38.8 cm³/mol. The summed E-state index contributed by atoms with van der Waals surface area (Å²) < 4.78 is 24.7. The van der Waals surface area contributed by atoms with Gasteiger partial charge in [-0.3, -0.25) is 0 Å². The molecule has 3 heteroatoms. The SMILES string of the molecule is Cc1cccc[c]1[Ga]([F])[F]. The molecule has 0 aliphatic carbocycles. The van der Waals surface area contributed by atoms with Crippen molar-refractivity contribution in [2.75, 3.05) is 0 Å². The molecule has 1 aromatic carbocycles. The minimum absolute atomic E-state index is 0.315. The van der Waals surface area contributed by atoms with Gasteiger partial charge in [-0.15, -0.1) is 0 Å². The third kappa shape index (κ3) is 1.61. The molecule has 0 radical (unpaired) electrons. The van der Waals surface area contributed by atoms with E-state index in [1.54, 1.807) is 25.1 Å². The van der Waals surface area contributed by atoms with Gasteiger partial charge in [-0.2, -0.15) is 0 Å². The van der Waals surface area contributed by atoms with Gasteiger partial charge in [0.15, 0.2) is 0 Å². The fourth-order valence-corrected chi connectivity index (χ4v) is 2.29. The van der Waals surface area contributed by atoms with E-state index in [0.29, 0.717) is 4.12 Å². The van der Waals surface area contributed by atoms with Crippen molar-refractivity contribution in [3.8, 4) is 0 Å². The Morgan fingerprint density at radius 1 is 1.20 bits per heavy atom. The molecule has 0 fully saturated rings. The molecule has 0 saturated carbocycles. The first-order valence-corrected chi connectivity index (χ1v) is 6.10. The zero-order chi connectivity index (χ0) is 7.56. The molecule has 0 heterocycles. The van der Waals surface area contributed by atoms with Crippen LogP contribution in [-0.4, -0.2) is 17.2 Å². The zero-order valence-electron chi connectivity index (χ0n) is 5.64. The maximum absolute atomic E-state index is 12.2. The summed E-state index contributed by atoms with van der Waals surface area (Å²) in [4.78, 5) is 0. The summed E-state index contributed by atoms with van der Waals surface area (Å²) in [5.41, 5.74) is 0.734. The van der Waals surface area contributed by atoms with Crippen LogP contribution in [0.5, 0.6) is 0 Å². The average Bonchev–Trinajstić information content (AvgIpc) is 1.88. The van der Waals surface area contributed by atoms with Crippen LogP contribution in [0.2, 0.25) is 0 Å². The zero-order valence-corrected chi connectivity index (χ0v) is 8.07. The van der Waals surface area contributed by atoms with Gasteiger partial charge in [0.05, 0.1) is 0 Å². The third-order valence-corrected chi connectivity index (χ3v) is 3.77. The van der Waals surface area contributed by atoms with Crippen molar-refractivity contribution >= 4 is 21.3 Å². The third-order valence-electron chi connectivity index (χ3n) is 1.42. The second kappa shape index (κ2) is 3.21. The number of aryl methyl sites for hydroxylation is 1. The second-order valence-electron chi connectivity index (χ2n) is 2.16. The van der Waals surface area contributed by atoms with Crippen LogP contribution < -0.4 is 4.12 Å². The number of rotatable bonds is 1. The molecular formula is C7H7F2Ga. The normalized spacial score (nSPS) is 9.50. The van der Waals surface area contributed by atoms with Crippen molar-refractivity contribution in [3.05, 3.63) is 29.8 Å². The van der Waals surface area contributed by atoms with E-state index in [1.165, 1.54) is 6.07 Å². The molecule has 1 rings (SSSR count). The van der Waals surface area contributed by atoms with Gasteiger partial charge in [0.25, 0.3) is 0 Å². The van der Waals surface area contributed by atoms with Crippen LogP contribution in [0, 0.1) is 6.92 Å². The molecule has 10 heavy (non-hydrogen) atoms. The molecule has 0 nitrogen and oxygen atoms in total. The van der Waals surface area contributed by atoms with Gasteiger partial charge in [0.1, 0.15) is 0 Å². The Balaban J connectivity index is 3.03. The molecule has 0 saturated heterocycles. The Bertz CT molecular complexity index is 223. The predicted octanol–water partition coefficient (Wildman–Crippen LogP) is 1.63. The second-order valence-corrected chi connectivity index (χ2v) is 4.72. The summed E-state index contributed by atoms with van der Waals surface area (Å²) in [5, 5.41) is 0. The number of hydrogen-bond donors (Lipinski definition) is 0. The van der Waals surface area contributed by atoms with E-state index in [-0.39, 0.29) is 0 Å². The summed E-state index contributed by atoms with van der Waals surface area (Å²) in [6.07, 6.45) is 0. The van der Waals surface area contributed by atoms with E-state index in [1.807, 2.05) is 0 Å². The van der Waals surface area contributed by atoms with Crippen molar-refractivity contribution in [3.63, 3.8) is 0 Å². The molecule has 0 aliphatic heterocycles. The first kappa shape index (κ1) is 7.82. The van der Waals surface area contributed by atoms with Crippen molar-refractivity contribution in [2.24, 2.45) is 0 Å². The van der Waals surface area contributed by atoms with Gasteiger partial charge in [0, 0.05) is 0 Å². The van der Waals surface area contributed by atoms with Crippen LogP contribution in [0.3, 0.4) is 0 Å². The van der Waals surface area contributed by atoms with Crippen LogP contribution in [0.4, 0.5) is 6.57 Å². The van der Waals surface area contributed by atoms with Gasteiger partial charge < -0.3 is 0 Å². The average molecular weight is 199 g/mol. The maximum atomic E-state index is 12.2. The first-order valence-electron chi connectivity index (χ1n) is 3.05. The van der Waals surface area contributed by atoms with Crippen LogP contribution in [0.15, 0.2) is 24.3 Å². The van der Waals surface area contributed by atoms with Gasteiger partial charge in [-0.1, -0.05) is 0 Å². The Hall–Kier alpha value is -0.284.